The summed E-state index contributed by atoms with van der Waals surface area (Å²) in [5.41, 5.74) is 0. The second kappa shape index (κ2) is 34.7. The van der Waals surface area contributed by atoms with Crippen LogP contribution in [0.25, 0.3) is 0 Å². The monoisotopic (exact) mass is 673 g/mol. The normalized spacial score (nSPS) is 12.3. The fourth-order valence-corrected chi connectivity index (χ4v) is 7.93. The van der Waals surface area contributed by atoms with E-state index in [1.807, 2.05) is 0 Å². The first-order valence-electron chi connectivity index (χ1n) is 21.2. The van der Waals surface area contributed by atoms with Crippen molar-refractivity contribution in [3.8, 4) is 0 Å². The van der Waals surface area contributed by atoms with E-state index in [4.69, 9.17) is 0 Å². The zero-order valence-electron chi connectivity index (χ0n) is 32.0. The molecule has 0 fully saturated rings. The molecule has 1 N–H and O–H groups in total. The Morgan fingerprint density at radius 2 is 0.522 bits per heavy atom. The predicted molar refractivity (Wildman–Crippen MR) is 206 cm³/mol. The highest BCUT2D eigenvalue weighted by atomic mass is 32.2. The molecule has 278 valence electrons. The summed E-state index contributed by atoms with van der Waals surface area (Å²) >= 11 is 0. The first-order valence-corrected chi connectivity index (χ1v) is 22.8. The number of unbranched alkanes of at least 4 members (excludes halogenated alkanes) is 30. The van der Waals surface area contributed by atoms with Crippen LogP contribution in [-0.4, -0.2) is 49.4 Å². The SMILES string of the molecule is CCCCCCCCCCCCC[N+](CCCCCCCCCCCCC)(CCCCCCCCCCCCC)CCS(=O)(=O)O. The second-order valence-corrected chi connectivity index (χ2v) is 16.7. The smallest absolute Gasteiger partial charge is 0.270 e. The van der Waals surface area contributed by atoms with Gasteiger partial charge in [0.1, 0.15) is 5.75 Å². The van der Waals surface area contributed by atoms with Crippen molar-refractivity contribution >= 4 is 10.1 Å². The maximum absolute atomic E-state index is 11.9. The van der Waals surface area contributed by atoms with Gasteiger partial charge in [0.2, 0.25) is 0 Å². The third kappa shape index (κ3) is 33.8. The quantitative estimate of drug-likeness (QED) is 0.0402. The molecule has 0 radical (unpaired) electrons. The molecule has 0 aliphatic heterocycles. The van der Waals surface area contributed by atoms with Crippen molar-refractivity contribution < 1.29 is 17.5 Å². The standard InChI is InChI=1S/C41H85NO3S/c1-4-7-10-13-16-19-22-25-28-31-34-37-42(40-41-46(43,44)45,38-35-32-29-26-23-20-17-14-11-8-5-2)39-36-33-30-27-24-21-18-15-12-9-6-3/h4-41H2,1-3H3/p+1. The van der Waals surface area contributed by atoms with E-state index in [2.05, 4.69) is 20.8 Å². The largest absolute Gasteiger partial charge is 0.323 e. The van der Waals surface area contributed by atoms with Gasteiger partial charge in [-0.1, -0.05) is 194 Å². The first kappa shape index (κ1) is 45.9. The van der Waals surface area contributed by atoms with Gasteiger partial charge in [-0.25, -0.2) is 0 Å². The molecule has 5 heteroatoms. The highest BCUT2D eigenvalue weighted by molar-refractivity contribution is 7.85. The number of rotatable bonds is 39. The van der Waals surface area contributed by atoms with Crippen LogP contribution in [0, 0.1) is 0 Å². The molecular formula is C41H86NO3S+. The van der Waals surface area contributed by atoms with Gasteiger partial charge in [-0.2, -0.15) is 8.42 Å². The lowest BCUT2D eigenvalue weighted by Gasteiger charge is -2.39. The van der Waals surface area contributed by atoms with Crippen LogP contribution in [0.15, 0.2) is 0 Å². The van der Waals surface area contributed by atoms with E-state index in [0.717, 1.165) is 24.1 Å². The van der Waals surface area contributed by atoms with Gasteiger partial charge < -0.3 is 4.48 Å². The molecule has 0 rings (SSSR count). The van der Waals surface area contributed by atoms with Crippen LogP contribution in [0.4, 0.5) is 0 Å². The van der Waals surface area contributed by atoms with E-state index in [0.29, 0.717) is 6.54 Å². The van der Waals surface area contributed by atoms with Crippen molar-refractivity contribution in [2.45, 2.75) is 233 Å². The Morgan fingerprint density at radius 3 is 0.717 bits per heavy atom. The molecule has 0 saturated heterocycles. The molecule has 0 saturated carbocycles. The molecule has 0 bridgehead atoms. The lowest BCUT2D eigenvalue weighted by molar-refractivity contribution is -0.926. The van der Waals surface area contributed by atoms with E-state index in [-0.39, 0.29) is 5.75 Å². The van der Waals surface area contributed by atoms with E-state index in [1.165, 1.54) is 212 Å². The fraction of sp³-hybridized carbons (Fsp3) is 1.00. The molecule has 0 amide bonds. The van der Waals surface area contributed by atoms with Gasteiger partial charge in [0, 0.05) is 0 Å². The van der Waals surface area contributed by atoms with Crippen LogP contribution >= 0.6 is 0 Å². The van der Waals surface area contributed by atoms with E-state index in [9.17, 15) is 13.0 Å². The van der Waals surface area contributed by atoms with Gasteiger partial charge >= 0.3 is 0 Å². The van der Waals surface area contributed by atoms with E-state index in [1.54, 1.807) is 0 Å². The van der Waals surface area contributed by atoms with Crippen molar-refractivity contribution in [3.63, 3.8) is 0 Å². The summed E-state index contributed by atoms with van der Waals surface area (Å²) in [5.74, 6) is -0.0822. The van der Waals surface area contributed by atoms with Gasteiger partial charge in [0.05, 0.1) is 26.2 Å². The Bertz CT molecular complexity index is 631. The second-order valence-electron chi connectivity index (χ2n) is 15.1. The number of hydrogen-bond acceptors (Lipinski definition) is 2. The number of quaternary nitrogens is 1. The van der Waals surface area contributed by atoms with Gasteiger partial charge in [0.15, 0.2) is 0 Å². The highest BCUT2D eigenvalue weighted by Crippen LogP contribution is 2.20. The van der Waals surface area contributed by atoms with Crippen molar-refractivity contribution in [1.82, 2.24) is 0 Å². The van der Waals surface area contributed by atoms with Crippen LogP contribution in [-0.2, 0) is 10.1 Å². The van der Waals surface area contributed by atoms with Crippen LogP contribution in [0.1, 0.15) is 233 Å². The molecule has 0 aliphatic rings. The molecule has 0 aliphatic carbocycles. The molecule has 0 atom stereocenters. The number of nitrogens with zero attached hydrogens (tertiary/aromatic N) is 1. The summed E-state index contributed by atoms with van der Waals surface area (Å²) in [4.78, 5) is 0. The molecule has 0 spiro atoms. The van der Waals surface area contributed by atoms with Gasteiger partial charge in [-0.3, -0.25) is 4.55 Å². The first-order chi connectivity index (χ1) is 22.4. The molecule has 0 heterocycles. The molecule has 0 unspecified atom stereocenters. The van der Waals surface area contributed by atoms with Crippen molar-refractivity contribution in [2.75, 3.05) is 31.9 Å². The van der Waals surface area contributed by atoms with Crippen LogP contribution in [0.3, 0.4) is 0 Å². The lowest BCUT2D eigenvalue weighted by atomic mass is 10.0. The Hall–Kier alpha value is -0.130. The zero-order valence-corrected chi connectivity index (χ0v) is 32.8. The maximum Gasteiger partial charge on any atom is 0.270 e. The van der Waals surface area contributed by atoms with E-state index < -0.39 is 10.1 Å². The predicted octanol–water partition coefficient (Wildman–Crippen LogP) is 13.6. The van der Waals surface area contributed by atoms with Crippen LogP contribution < -0.4 is 0 Å². The molecule has 46 heavy (non-hydrogen) atoms. The molecular weight excluding hydrogens is 587 g/mol. The highest BCUT2D eigenvalue weighted by Gasteiger charge is 2.28. The summed E-state index contributed by atoms with van der Waals surface area (Å²) < 4.78 is 34.4. The van der Waals surface area contributed by atoms with Crippen molar-refractivity contribution in [2.24, 2.45) is 0 Å². The molecule has 4 nitrogen and oxygen atoms in total. The summed E-state index contributed by atoms with van der Waals surface area (Å²) in [6, 6.07) is 0. The fourth-order valence-electron chi connectivity index (χ4n) is 7.31. The minimum atomic E-state index is -3.94. The molecule has 0 aromatic rings. The topological polar surface area (TPSA) is 54.4 Å². The average Bonchev–Trinajstić information content (AvgIpc) is 3.03. The Labute approximate surface area is 291 Å². The minimum absolute atomic E-state index is 0.0822. The average molecular weight is 673 g/mol. The maximum atomic E-state index is 11.9. The van der Waals surface area contributed by atoms with Gasteiger partial charge in [-0.15, -0.1) is 0 Å². The zero-order chi connectivity index (χ0) is 33.9. The van der Waals surface area contributed by atoms with Crippen molar-refractivity contribution in [1.29, 1.82) is 0 Å². The van der Waals surface area contributed by atoms with Gasteiger partial charge in [0.25, 0.3) is 10.1 Å². The minimum Gasteiger partial charge on any atom is -0.323 e. The third-order valence-corrected chi connectivity index (χ3v) is 11.2. The Morgan fingerprint density at radius 1 is 0.326 bits per heavy atom. The Kier molecular flexibility index (Phi) is 34.6. The summed E-state index contributed by atoms with van der Waals surface area (Å²) in [6.07, 6.45) is 44.3. The number of hydrogen-bond donors (Lipinski definition) is 1. The lowest BCUT2D eigenvalue weighted by Crippen LogP contribution is -2.52. The summed E-state index contributed by atoms with van der Waals surface area (Å²) in [5, 5.41) is 0. The van der Waals surface area contributed by atoms with E-state index >= 15 is 0 Å². The summed E-state index contributed by atoms with van der Waals surface area (Å²) in [7, 11) is -3.94. The third-order valence-electron chi connectivity index (χ3n) is 10.5. The molecule has 0 aromatic carbocycles. The van der Waals surface area contributed by atoms with Crippen LogP contribution in [0.5, 0.6) is 0 Å². The molecule has 0 aromatic heterocycles. The Balaban J connectivity index is 4.72. The summed E-state index contributed by atoms with van der Waals surface area (Å²) in [6.45, 7) is 10.7. The van der Waals surface area contributed by atoms with Crippen molar-refractivity contribution in [3.05, 3.63) is 0 Å². The van der Waals surface area contributed by atoms with Gasteiger partial charge in [-0.05, 0) is 38.5 Å². The van der Waals surface area contributed by atoms with Crippen LogP contribution in [0.2, 0.25) is 0 Å².